The van der Waals surface area contributed by atoms with Crippen LogP contribution in [0.15, 0.2) is 29.2 Å². The van der Waals surface area contributed by atoms with E-state index in [0.717, 1.165) is 6.42 Å². The average Bonchev–Trinajstić information content (AvgIpc) is 2.27. The van der Waals surface area contributed by atoms with E-state index in [1.807, 2.05) is 11.8 Å². The standard InChI is InChI=1S/C15H22O2S/c1-11(2)18-13-7-5-12(6-8-13)9-10-15(3,4)14(16)17/h5-8,11H,9-10H2,1-4H3,(H,16,17). The third kappa shape index (κ3) is 4.73. The summed E-state index contributed by atoms with van der Waals surface area (Å²) in [6, 6.07) is 8.44. The van der Waals surface area contributed by atoms with Gasteiger partial charge in [-0.15, -0.1) is 11.8 Å². The van der Waals surface area contributed by atoms with Crippen LogP contribution >= 0.6 is 11.8 Å². The molecule has 0 saturated carbocycles. The lowest BCUT2D eigenvalue weighted by atomic mass is 9.86. The number of carboxylic acids is 1. The molecule has 0 aromatic heterocycles. The molecule has 0 fully saturated rings. The number of aliphatic carboxylic acids is 1. The Hall–Kier alpha value is -0.960. The summed E-state index contributed by atoms with van der Waals surface area (Å²) in [5.74, 6) is -0.727. The molecule has 1 aromatic rings. The van der Waals surface area contributed by atoms with E-state index in [1.165, 1.54) is 10.5 Å². The van der Waals surface area contributed by atoms with Gasteiger partial charge < -0.3 is 5.11 Å². The van der Waals surface area contributed by atoms with Crippen molar-refractivity contribution in [3.63, 3.8) is 0 Å². The van der Waals surface area contributed by atoms with Crippen LogP contribution in [-0.4, -0.2) is 16.3 Å². The van der Waals surface area contributed by atoms with Crippen LogP contribution in [0.1, 0.15) is 39.7 Å². The molecule has 1 rings (SSSR count). The molecule has 0 spiro atoms. The molecule has 2 nitrogen and oxygen atoms in total. The number of carbonyl (C=O) groups is 1. The van der Waals surface area contributed by atoms with Crippen molar-refractivity contribution in [1.29, 1.82) is 0 Å². The SMILES string of the molecule is CC(C)Sc1ccc(CCC(C)(C)C(=O)O)cc1. The summed E-state index contributed by atoms with van der Waals surface area (Å²) >= 11 is 1.84. The quantitative estimate of drug-likeness (QED) is 0.783. The minimum Gasteiger partial charge on any atom is -0.481 e. The minimum absolute atomic E-state index is 0.585. The molecular weight excluding hydrogens is 244 g/mol. The first-order valence-electron chi connectivity index (χ1n) is 6.30. The van der Waals surface area contributed by atoms with Gasteiger partial charge in [0.05, 0.1) is 5.41 Å². The van der Waals surface area contributed by atoms with Crippen molar-refractivity contribution in [1.82, 2.24) is 0 Å². The van der Waals surface area contributed by atoms with Crippen LogP contribution in [0.3, 0.4) is 0 Å². The molecule has 0 amide bonds. The van der Waals surface area contributed by atoms with E-state index in [2.05, 4.69) is 38.1 Å². The summed E-state index contributed by atoms with van der Waals surface area (Å²) in [7, 11) is 0. The van der Waals surface area contributed by atoms with E-state index in [9.17, 15) is 4.79 Å². The lowest BCUT2D eigenvalue weighted by molar-refractivity contribution is -0.147. The summed E-state index contributed by atoms with van der Waals surface area (Å²) in [6.45, 7) is 7.90. The molecule has 0 aliphatic carbocycles. The second kappa shape index (κ2) is 6.28. The Morgan fingerprint density at radius 2 is 1.83 bits per heavy atom. The van der Waals surface area contributed by atoms with E-state index in [0.29, 0.717) is 11.7 Å². The molecule has 18 heavy (non-hydrogen) atoms. The Labute approximate surface area is 114 Å². The highest BCUT2D eigenvalue weighted by Crippen LogP contribution is 2.26. The molecule has 0 aliphatic heterocycles. The van der Waals surface area contributed by atoms with Crippen molar-refractivity contribution >= 4 is 17.7 Å². The van der Waals surface area contributed by atoms with Gasteiger partial charge in [0.1, 0.15) is 0 Å². The van der Waals surface area contributed by atoms with Gasteiger partial charge in [0.15, 0.2) is 0 Å². The van der Waals surface area contributed by atoms with Gasteiger partial charge in [0, 0.05) is 10.1 Å². The van der Waals surface area contributed by atoms with Crippen molar-refractivity contribution < 1.29 is 9.90 Å². The molecule has 1 N–H and O–H groups in total. The zero-order chi connectivity index (χ0) is 13.8. The number of hydrogen-bond donors (Lipinski definition) is 1. The molecule has 1 aromatic carbocycles. The molecular formula is C15H22O2S. The molecule has 0 heterocycles. The molecule has 100 valence electrons. The predicted molar refractivity (Wildman–Crippen MR) is 77.2 cm³/mol. The van der Waals surface area contributed by atoms with Crippen molar-refractivity contribution in [3.05, 3.63) is 29.8 Å². The first kappa shape index (κ1) is 15.1. The van der Waals surface area contributed by atoms with Crippen molar-refractivity contribution in [2.45, 2.75) is 50.7 Å². The first-order chi connectivity index (χ1) is 8.31. The first-order valence-corrected chi connectivity index (χ1v) is 7.18. The summed E-state index contributed by atoms with van der Waals surface area (Å²) < 4.78 is 0. The van der Waals surface area contributed by atoms with Crippen LogP contribution in [0.5, 0.6) is 0 Å². The van der Waals surface area contributed by atoms with Gasteiger partial charge >= 0.3 is 5.97 Å². The number of benzene rings is 1. The van der Waals surface area contributed by atoms with Crippen LogP contribution in [0, 0.1) is 5.41 Å². The van der Waals surface area contributed by atoms with Crippen LogP contribution in [0.25, 0.3) is 0 Å². The normalized spacial score (nSPS) is 11.8. The van der Waals surface area contributed by atoms with E-state index in [4.69, 9.17) is 5.11 Å². The zero-order valence-corrected chi connectivity index (χ0v) is 12.4. The minimum atomic E-state index is -0.727. The molecule has 0 bridgehead atoms. The summed E-state index contributed by atoms with van der Waals surface area (Å²) in [5, 5.41) is 9.64. The van der Waals surface area contributed by atoms with E-state index in [1.54, 1.807) is 13.8 Å². The monoisotopic (exact) mass is 266 g/mol. The maximum atomic E-state index is 11.0. The lowest BCUT2D eigenvalue weighted by Crippen LogP contribution is -2.24. The third-order valence-corrected chi connectivity index (χ3v) is 3.93. The number of rotatable bonds is 6. The fourth-order valence-electron chi connectivity index (χ4n) is 1.57. The van der Waals surface area contributed by atoms with Crippen LogP contribution in [-0.2, 0) is 11.2 Å². The van der Waals surface area contributed by atoms with Gasteiger partial charge in [0.25, 0.3) is 0 Å². The average molecular weight is 266 g/mol. The van der Waals surface area contributed by atoms with Gasteiger partial charge in [-0.05, 0) is 44.4 Å². The van der Waals surface area contributed by atoms with E-state index >= 15 is 0 Å². The van der Waals surface area contributed by atoms with E-state index in [-0.39, 0.29) is 0 Å². The van der Waals surface area contributed by atoms with Crippen LogP contribution in [0.4, 0.5) is 0 Å². The fourth-order valence-corrected chi connectivity index (χ4v) is 2.41. The Balaban J connectivity index is 2.57. The number of carboxylic acid groups (broad SMARTS) is 1. The maximum Gasteiger partial charge on any atom is 0.309 e. The maximum absolute atomic E-state index is 11.0. The molecule has 3 heteroatoms. The largest absolute Gasteiger partial charge is 0.481 e. The second-order valence-corrected chi connectivity index (χ2v) is 7.15. The zero-order valence-electron chi connectivity index (χ0n) is 11.6. The summed E-state index contributed by atoms with van der Waals surface area (Å²) in [4.78, 5) is 12.3. The van der Waals surface area contributed by atoms with Gasteiger partial charge in [-0.2, -0.15) is 0 Å². The third-order valence-electron chi connectivity index (χ3n) is 2.91. The summed E-state index contributed by atoms with van der Waals surface area (Å²) in [6.07, 6.45) is 1.48. The topological polar surface area (TPSA) is 37.3 Å². The Kier molecular flexibility index (Phi) is 5.27. The smallest absolute Gasteiger partial charge is 0.309 e. The van der Waals surface area contributed by atoms with Crippen LogP contribution in [0.2, 0.25) is 0 Å². The van der Waals surface area contributed by atoms with Crippen LogP contribution < -0.4 is 0 Å². The fraction of sp³-hybridized carbons (Fsp3) is 0.533. The van der Waals surface area contributed by atoms with Crippen molar-refractivity contribution in [3.8, 4) is 0 Å². The molecule has 0 saturated heterocycles. The highest BCUT2D eigenvalue weighted by atomic mass is 32.2. The van der Waals surface area contributed by atoms with Gasteiger partial charge in [-0.25, -0.2) is 0 Å². The summed E-state index contributed by atoms with van der Waals surface area (Å²) in [5.41, 5.74) is 0.558. The Morgan fingerprint density at radius 3 is 2.28 bits per heavy atom. The predicted octanol–water partition coefficient (Wildman–Crippen LogP) is 4.23. The molecule has 0 aliphatic rings. The van der Waals surface area contributed by atoms with E-state index < -0.39 is 11.4 Å². The number of aryl methyl sites for hydroxylation is 1. The second-order valence-electron chi connectivity index (χ2n) is 5.50. The molecule has 0 unspecified atom stereocenters. The highest BCUT2D eigenvalue weighted by molar-refractivity contribution is 7.99. The number of hydrogen-bond acceptors (Lipinski definition) is 2. The molecule has 0 radical (unpaired) electrons. The number of thioether (sulfide) groups is 1. The van der Waals surface area contributed by atoms with Crippen molar-refractivity contribution in [2.24, 2.45) is 5.41 Å². The lowest BCUT2D eigenvalue weighted by Gasteiger charge is -2.18. The van der Waals surface area contributed by atoms with Crippen molar-refractivity contribution in [2.75, 3.05) is 0 Å². The Bertz CT molecular complexity index is 393. The van der Waals surface area contributed by atoms with Gasteiger partial charge in [-0.3, -0.25) is 4.79 Å². The van der Waals surface area contributed by atoms with Gasteiger partial charge in [0.2, 0.25) is 0 Å². The van der Waals surface area contributed by atoms with Gasteiger partial charge in [-0.1, -0.05) is 26.0 Å². The highest BCUT2D eigenvalue weighted by Gasteiger charge is 2.26. The molecule has 0 atom stereocenters. The Morgan fingerprint density at radius 1 is 1.28 bits per heavy atom.